The molecule has 0 aromatic heterocycles. The molecular formula is C14H26N2O2. The molecule has 2 aliphatic rings. The molecule has 0 spiro atoms. The molecule has 2 fully saturated rings. The normalized spacial score (nSPS) is 32.4. The van der Waals surface area contributed by atoms with Crippen LogP contribution < -0.4 is 11.1 Å². The van der Waals surface area contributed by atoms with Gasteiger partial charge in [-0.15, -0.1) is 0 Å². The molecule has 2 rings (SSSR count). The number of nitrogens with two attached hydrogens (primary N) is 1. The van der Waals surface area contributed by atoms with Gasteiger partial charge in [0.25, 0.3) is 0 Å². The second kappa shape index (κ2) is 7.10. The van der Waals surface area contributed by atoms with Gasteiger partial charge in [0, 0.05) is 32.2 Å². The van der Waals surface area contributed by atoms with E-state index in [0.29, 0.717) is 24.3 Å². The van der Waals surface area contributed by atoms with Crippen LogP contribution in [0.5, 0.6) is 0 Å². The molecule has 104 valence electrons. The summed E-state index contributed by atoms with van der Waals surface area (Å²) in [5.74, 6) is 1.42. The minimum absolute atomic E-state index is 0.217. The van der Waals surface area contributed by atoms with Crippen molar-refractivity contribution in [3.05, 3.63) is 0 Å². The predicted octanol–water partition coefficient (Wildman–Crippen LogP) is 1.44. The Morgan fingerprint density at radius 3 is 2.61 bits per heavy atom. The van der Waals surface area contributed by atoms with Crippen LogP contribution in [0.3, 0.4) is 0 Å². The number of ether oxygens (including phenoxy) is 1. The highest BCUT2D eigenvalue weighted by Gasteiger charge is 2.21. The smallest absolute Gasteiger partial charge is 0.220 e. The maximum atomic E-state index is 11.8. The van der Waals surface area contributed by atoms with Crippen molar-refractivity contribution in [3.63, 3.8) is 0 Å². The Balaban J connectivity index is 1.54. The molecule has 1 aliphatic heterocycles. The summed E-state index contributed by atoms with van der Waals surface area (Å²) >= 11 is 0. The van der Waals surface area contributed by atoms with E-state index in [-0.39, 0.29) is 5.91 Å². The molecule has 1 atom stereocenters. The van der Waals surface area contributed by atoms with Gasteiger partial charge in [-0.25, -0.2) is 0 Å². The first kappa shape index (κ1) is 13.8. The Bertz CT molecular complexity index is 257. The van der Waals surface area contributed by atoms with Crippen LogP contribution >= 0.6 is 0 Å². The summed E-state index contributed by atoms with van der Waals surface area (Å²) in [6.07, 6.45) is 7.29. The largest absolute Gasteiger partial charge is 0.381 e. The Hall–Kier alpha value is -0.610. The van der Waals surface area contributed by atoms with Crippen molar-refractivity contribution in [3.8, 4) is 0 Å². The second-order valence-corrected chi connectivity index (χ2v) is 5.85. The molecule has 1 saturated heterocycles. The van der Waals surface area contributed by atoms with Gasteiger partial charge in [-0.1, -0.05) is 0 Å². The standard InChI is InChI=1S/C14H26N2O2/c15-13-3-1-11(2-4-13)9-14(17)16-7-5-12-6-8-18-10-12/h11-13H,1-10,15H2,(H,16,17). The van der Waals surface area contributed by atoms with Gasteiger partial charge in [0.05, 0.1) is 0 Å². The molecule has 1 unspecified atom stereocenters. The average molecular weight is 254 g/mol. The van der Waals surface area contributed by atoms with Gasteiger partial charge in [-0.05, 0) is 50.4 Å². The Morgan fingerprint density at radius 1 is 1.17 bits per heavy atom. The summed E-state index contributed by atoms with van der Waals surface area (Å²) in [6.45, 7) is 2.57. The van der Waals surface area contributed by atoms with E-state index in [2.05, 4.69) is 5.32 Å². The number of carbonyl (C=O) groups excluding carboxylic acids is 1. The van der Waals surface area contributed by atoms with Crippen LogP contribution in [0.15, 0.2) is 0 Å². The highest BCUT2D eigenvalue weighted by Crippen LogP contribution is 2.25. The molecule has 0 aromatic rings. The van der Waals surface area contributed by atoms with Crippen LogP contribution in [0.2, 0.25) is 0 Å². The van der Waals surface area contributed by atoms with Crippen LogP contribution in [0, 0.1) is 11.8 Å². The van der Waals surface area contributed by atoms with Crippen molar-refractivity contribution in [2.24, 2.45) is 17.6 Å². The maximum Gasteiger partial charge on any atom is 0.220 e. The number of nitrogens with one attached hydrogen (secondary N) is 1. The van der Waals surface area contributed by atoms with Gasteiger partial charge in [-0.3, -0.25) is 4.79 Å². The molecular weight excluding hydrogens is 228 g/mol. The van der Waals surface area contributed by atoms with Crippen molar-refractivity contribution in [1.82, 2.24) is 5.32 Å². The minimum atomic E-state index is 0.217. The maximum absolute atomic E-state index is 11.8. The van der Waals surface area contributed by atoms with E-state index in [9.17, 15) is 4.79 Å². The monoisotopic (exact) mass is 254 g/mol. The van der Waals surface area contributed by atoms with Crippen molar-refractivity contribution >= 4 is 5.91 Å². The topological polar surface area (TPSA) is 64.4 Å². The minimum Gasteiger partial charge on any atom is -0.381 e. The first-order chi connectivity index (χ1) is 8.74. The number of amides is 1. The zero-order valence-corrected chi connectivity index (χ0v) is 11.2. The quantitative estimate of drug-likeness (QED) is 0.780. The summed E-state index contributed by atoms with van der Waals surface area (Å²) in [7, 11) is 0. The van der Waals surface area contributed by atoms with E-state index in [1.165, 1.54) is 0 Å². The number of rotatable bonds is 5. The van der Waals surface area contributed by atoms with Crippen molar-refractivity contribution in [2.45, 2.75) is 51.0 Å². The first-order valence-electron chi connectivity index (χ1n) is 7.34. The zero-order chi connectivity index (χ0) is 12.8. The van der Waals surface area contributed by atoms with Gasteiger partial charge >= 0.3 is 0 Å². The Labute approximate surface area is 110 Å². The third-order valence-electron chi connectivity index (χ3n) is 4.26. The van der Waals surface area contributed by atoms with Crippen LogP contribution in [0.25, 0.3) is 0 Å². The molecule has 1 aliphatic carbocycles. The summed E-state index contributed by atoms with van der Waals surface area (Å²) < 4.78 is 5.32. The molecule has 18 heavy (non-hydrogen) atoms. The summed E-state index contributed by atoms with van der Waals surface area (Å²) in [4.78, 5) is 11.8. The lowest BCUT2D eigenvalue weighted by Crippen LogP contribution is -2.31. The molecule has 1 amide bonds. The van der Waals surface area contributed by atoms with Gasteiger partial charge in [0.2, 0.25) is 5.91 Å². The molecule has 0 radical (unpaired) electrons. The van der Waals surface area contributed by atoms with E-state index in [4.69, 9.17) is 10.5 Å². The predicted molar refractivity (Wildman–Crippen MR) is 71.1 cm³/mol. The molecule has 1 saturated carbocycles. The van der Waals surface area contributed by atoms with E-state index in [0.717, 1.165) is 58.3 Å². The molecule has 0 aromatic carbocycles. The average Bonchev–Trinajstić information content (AvgIpc) is 2.85. The van der Waals surface area contributed by atoms with Crippen molar-refractivity contribution < 1.29 is 9.53 Å². The van der Waals surface area contributed by atoms with Gasteiger partial charge in [-0.2, -0.15) is 0 Å². The summed E-state index contributed by atoms with van der Waals surface area (Å²) in [5.41, 5.74) is 5.87. The lowest BCUT2D eigenvalue weighted by atomic mass is 9.84. The van der Waals surface area contributed by atoms with Gasteiger partial charge in [0.15, 0.2) is 0 Å². The van der Waals surface area contributed by atoms with Gasteiger partial charge < -0.3 is 15.8 Å². The van der Waals surface area contributed by atoms with E-state index >= 15 is 0 Å². The molecule has 3 N–H and O–H groups in total. The second-order valence-electron chi connectivity index (χ2n) is 5.85. The fraction of sp³-hybridized carbons (Fsp3) is 0.929. The first-order valence-corrected chi connectivity index (χ1v) is 7.34. The Kier molecular flexibility index (Phi) is 5.45. The number of hydrogen-bond donors (Lipinski definition) is 2. The van der Waals surface area contributed by atoms with Crippen LogP contribution in [0.4, 0.5) is 0 Å². The molecule has 4 heteroatoms. The van der Waals surface area contributed by atoms with Crippen LogP contribution in [-0.4, -0.2) is 31.7 Å². The number of hydrogen-bond acceptors (Lipinski definition) is 3. The zero-order valence-electron chi connectivity index (χ0n) is 11.2. The van der Waals surface area contributed by atoms with Crippen LogP contribution in [0.1, 0.15) is 44.9 Å². The third kappa shape index (κ3) is 4.58. The van der Waals surface area contributed by atoms with Crippen LogP contribution in [-0.2, 0) is 9.53 Å². The lowest BCUT2D eigenvalue weighted by molar-refractivity contribution is -0.122. The molecule has 1 heterocycles. The molecule has 4 nitrogen and oxygen atoms in total. The Morgan fingerprint density at radius 2 is 1.94 bits per heavy atom. The van der Waals surface area contributed by atoms with E-state index < -0.39 is 0 Å². The fourth-order valence-electron chi connectivity index (χ4n) is 2.95. The fourth-order valence-corrected chi connectivity index (χ4v) is 2.95. The SMILES string of the molecule is NC1CCC(CC(=O)NCCC2CCOC2)CC1. The van der Waals surface area contributed by atoms with Gasteiger partial charge in [0.1, 0.15) is 0 Å². The van der Waals surface area contributed by atoms with E-state index in [1.807, 2.05) is 0 Å². The summed E-state index contributed by atoms with van der Waals surface area (Å²) in [6, 6.07) is 0.367. The highest BCUT2D eigenvalue weighted by atomic mass is 16.5. The van der Waals surface area contributed by atoms with Crippen molar-refractivity contribution in [2.75, 3.05) is 19.8 Å². The van der Waals surface area contributed by atoms with E-state index in [1.54, 1.807) is 0 Å². The highest BCUT2D eigenvalue weighted by molar-refractivity contribution is 5.76. The lowest BCUT2D eigenvalue weighted by Gasteiger charge is -2.25. The molecule has 0 bridgehead atoms. The third-order valence-corrected chi connectivity index (χ3v) is 4.26. The summed E-state index contributed by atoms with van der Waals surface area (Å²) in [5, 5.41) is 3.04. The number of carbonyl (C=O) groups is 1. The van der Waals surface area contributed by atoms with Crippen molar-refractivity contribution in [1.29, 1.82) is 0 Å².